The largest absolute Gasteiger partial charge is 0.348 e. The molecule has 0 spiro atoms. The van der Waals surface area contributed by atoms with E-state index >= 15 is 0 Å². The number of halogens is 2. The van der Waals surface area contributed by atoms with E-state index in [4.69, 9.17) is 28.2 Å². The van der Waals surface area contributed by atoms with E-state index in [1.54, 1.807) is 23.5 Å². The topological polar surface area (TPSA) is 50.3 Å². The van der Waals surface area contributed by atoms with Crippen molar-refractivity contribution in [3.8, 4) is 11.3 Å². The minimum atomic E-state index is -3.40. The van der Waals surface area contributed by atoms with Gasteiger partial charge < -0.3 is 4.90 Å². The molecule has 0 amide bonds. The SMILES string of the molecule is Cc1cc(C)c(C)c(S(=O)(=O)C2CCN(c3nc(-c4ccc(Cl)cc4Cl)cs3)CC2)c1C. The molecule has 0 radical (unpaired) electrons. The highest BCUT2D eigenvalue weighted by atomic mass is 35.5. The van der Waals surface area contributed by atoms with Crippen LogP contribution in [0, 0.1) is 27.7 Å². The first-order chi connectivity index (χ1) is 15.1. The Kier molecular flexibility index (Phi) is 6.61. The molecule has 0 unspecified atom stereocenters. The summed E-state index contributed by atoms with van der Waals surface area (Å²) in [5.74, 6) is 0. The maximum Gasteiger partial charge on any atom is 0.185 e. The van der Waals surface area contributed by atoms with Gasteiger partial charge in [0, 0.05) is 29.1 Å². The van der Waals surface area contributed by atoms with Crippen molar-refractivity contribution in [3.05, 3.63) is 61.9 Å². The van der Waals surface area contributed by atoms with Crippen LogP contribution in [0.1, 0.15) is 35.1 Å². The van der Waals surface area contributed by atoms with Crippen LogP contribution in [0.5, 0.6) is 0 Å². The lowest BCUT2D eigenvalue weighted by Crippen LogP contribution is -2.39. The molecule has 1 saturated heterocycles. The molecule has 2 heterocycles. The molecule has 3 aromatic rings. The average Bonchev–Trinajstić information content (AvgIpc) is 3.22. The molecule has 4 nitrogen and oxygen atoms in total. The summed E-state index contributed by atoms with van der Waals surface area (Å²) in [6.45, 7) is 9.13. The summed E-state index contributed by atoms with van der Waals surface area (Å²) in [4.78, 5) is 7.46. The number of thiazole rings is 1. The highest BCUT2D eigenvalue weighted by Crippen LogP contribution is 2.36. The summed E-state index contributed by atoms with van der Waals surface area (Å²) in [6, 6.07) is 7.45. The molecule has 0 aliphatic carbocycles. The van der Waals surface area contributed by atoms with Gasteiger partial charge in [-0.3, -0.25) is 0 Å². The molecule has 0 saturated carbocycles. The Bertz CT molecular complexity index is 1250. The Morgan fingerprint density at radius 2 is 1.62 bits per heavy atom. The molecule has 1 aromatic heterocycles. The lowest BCUT2D eigenvalue weighted by atomic mass is 10.0. The molecule has 0 atom stereocenters. The molecule has 8 heteroatoms. The second kappa shape index (κ2) is 8.98. The lowest BCUT2D eigenvalue weighted by molar-refractivity contribution is 0.528. The van der Waals surface area contributed by atoms with E-state index in [0.717, 1.165) is 38.6 Å². The predicted molar refractivity (Wildman–Crippen MR) is 135 cm³/mol. The summed E-state index contributed by atoms with van der Waals surface area (Å²) in [6.07, 6.45) is 1.18. The number of anilines is 1. The summed E-state index contributed by atoms with van der Waals surface area (Å²) in [5.41, 5.74) is 5.46. The van der Waals surface area contributed by atoms with Gasteiger partial charge >= 0.3 is 0 Å². The van der Waals surface area contributed by atoms with Crippen LogP contribution < -0.4 is 4.90 Å². The van der Waals surface area contributed by atoms with Gasteiger partial charge in [-0.2, -0.15) is 0 Å². The van der Waals surface area contributed by atoms with Crippen LogP contribution >= 0.6 is 34.5 Å². The number of hydrogen-bond acceptors (Lipinski definition) is 5. The third kappa shape index (κ3) is 4.30. The number of sulfone groups is 1. The Hall–Kier alpha value is -1.60. The molecular formula is C24H26Cl2N2O2S2. The molecule has 0 N–H and O–H groups in total. The number of aromatic nitrogens is 1. The van der Waals surface area contributed by atoms with Gasteiger partial charge in [0.25, 0.3) is 0 Å². The van der Waals surface area contributed by atoms with Crippen LogP contribution in [0.4, 0.5) is 5.13 Å². The van der Waals surface area contributed by atoms with Crippen molar-refractivity contribution in [1.29, 1.82) is 0 Å². The monoisotopic (exact) mass is 508 g/mol. The number of piperidine rings is 1. The van der Waals surface area contributed by atoms with Crippen LogP contribution in [0.3, 0.4) is 0 Å². The van der Waals surface area contributed by atoms with Gasteiger partial charge in [-0.15, -0.1) is 11.3 Å². The van der Waals surface area contributed by atoms with Crippen LogP contribution in [-0.2, 0) is 9.84 Å². The van der Waals surface area contributed by atoms with Gasteiger partial charge in [-0.05, 0) is 81.0 Å². The molecule has 1 aliphatic rings. The second-order valence-electron chi connectivity index (χ2n) is 8.46. The third-order valence-electron chi connectivity index (χ3n) is 6.43. The quantitative estimate of drug-likeness (QED) is 0.389. The molecule has 170 valence electrons. The standard InChI is InChI=1S/C24H26Cl2N2O2S2/c1-14-11-15(2)17(4)23(16(14)3)32(29,30)19-7-9-28(10-8-19)24-27-22(13-31-24)20-6-5-18(25)12-21(20)26/h5-6,11-13,19H,7-10H2,1-4H3. The number of aryl methyl sites for hydroxylation is 2. The van der Waals surface area contributed by atoms with E-state index in [0.29, 0.717) is 40.9 Å². The van der Waals surface area contributed by atoms with E-state index in [9.17, 15) is 8.42 Å². The Labute approximate surface area is 204 Å². The molecule has 0 bridgehead atoms. The number of hydrogen-bond donors (Lipinski definition) is 0. The van der Waals surface area contributed by atoms with Gasteiger partial charge in [-0.1, -0.05) is 29.3 Å². The van der Waals surface area contributed by atoms with Gasteiger partial charge in [0.2, 0.25) is 0 Å². The number of benzene rings is 2. The number of nitrogens with zero attached hydrogens (tertiary/aromatic N) is 2. The number of rotatable bonds is 4. The van der Waals surface area contributed by atoms with Gasteiger partial charge in [0.05, 0.1) is 20.9 Å². The van der Waals surface area contributed by atoms with Crippen molar-refractivity contribution in [2.75, 3.05) is 18.0 Å². The minimum absolute atomic E-state index is 0.373. The minimum Gasteiger partial charge on any atom is -0.348 e. The van der Waals surface area contributed by atoms with Crippen molar-refractivity contribution < 1.29 is 8.42 Å². The Morgan fingerprint density at radius 1 is 1.00 bits per heavy atom. The van der Waals surface area contributed by atoms with Crippen molar-refractivity contribution in [3.63, 3.8) is 0 Å². The zero-order valence-electron chi connectivity index (χ0n) is 18.6. The van der Waals surface area contributed by atoms with Crippen molar-refractivity contribution in [2.45, 2.75) is 50.7 Å². The third-order valence-corrected chi connectivity index (χ3v) is 10.4. The molecule has 2 aromatic carbocycles. The van der Waals surface area contributed by atoms with Crippen LogP contribution in [-0.4, -0.2) is 31.7 Å². The van der Waals surface area contributed by atoms with Crippen LogP contribution in [0.25, 0.3) is 11.3 Å². The zero-order chi connectivity index (χ0) is 23.2. The van der Waals surface area contributed by atoms with Crippen LogP contribution in [0.2, 0.25) is 10.0 Å². The fraction of sp³-hybridized carbons (Fsp3) is 0.375. The summed E-state index contributed by atoms with van der Waals surface area (Å²) < 4.78 is 27.1. The van der Waals surface area contributed by atoms with Gasteiger partial charge in [0.15, 0.2) is 15.0 Å². The Balaban J connectivity index is 1.52. The van der Waals surface area contributed by atoms with E-state index < -0.39 is 9.84 Å². The van der Waals surface area contributed by atoms with E-state index in [2.05, 4.69) is 11.0 Å². The first-order valence-electron chi connectivity index (χ1n) is 10.6. The molecule has 32 heavy (non-hydrogen) atoms. The summed E-state index contributed by atoms with van der Waals surface area (Å²) >= 11 is 13.9. The molecule has 1 aliphatic heterocycles. The normalized spacial score (nSPS) is 15.4. The average molecular weight is 510 g/mol. The highest BCUT2D eigenvalue weighted by molar-refractivity contribution is 7.92. The van der Waals surface area contributed by atoms with E-state index in [-0.39, 0.29) is 5.25 Å². The van der Waals surface area contributed by atoms with Gasteiger partial charge in [-0.25, -0.2) is 13.4 Å². The maximum absolute atomic E-state index is 13.6. The highest BCUT2D eigenvalue weighted by Gasteiger charge is 2.34. The molecule has 4 rings (SSSR count). The maximum atomic E-state index is 13.6. The van der Waals surface area contributed by atoms with E-state index in [1.165, 1.54) is 0 Å². The Morgan fingerprint density at radius 3 is 2.22 bits per heavy atom. The predicted octanol–water partition coefficient (Wildman–Crippen LogP) is 6.79. The smallest absolute Gasteiger partial charge is 0.185 e. The van der Waals surface area contributed by atoms with Crippen molar-refractivity contribution >= 4 is 49.5 Å². The van der Waals surface area contributed by atoms with Gasteiger partial charge in [0.1, 0.15) is 0 Å². The molecular weight excluding hydrogens is 483 g/mol. The second-order valence-corrected chi connectivity index (χ2v) is 12.3. The summed E-state index contributed by atoms with van der Waals surface area (Å²) in [7, 11) is -3.40. The first-order valence-corrected chi connectivity index (χ1v) is 13.7. The first kappa shape index (κ1) is 23.6. The fourth-order valence-corrected chi connectivity index (χ4v) is 8.09. The fourth-order valence-electron chi connectivity index (χ4n) is 4.36. The van der Waals surface area contributed by atoms with Crippen molar-refractivity contribution in [1.82, 2.24) is 4.98 Å². The zero-order valence-corrected chi connectivity index (χ0v) is 21.7. The van der Waals surface area contributed by atoms with E-state index in [1.807, 2.05) is 39.1 Å². The molecule has 1 fully saturated rings. The lowest BCUT2D eigenvalue weighted by Gasteiger charge is -2.32. The van der Waals surface area contributed by atoms with Crippen LogP contribution in [0.15, 0.2) is 34.5 Å². The van der Waals surface area contributed by atoms with Crippen molar-refractivity contribution in [2.24, 2.45) is 0 Å². The summed E-state index contributed by atoms with van der Waals surface area (Å²) in [5, 5.41) is 3.66.